The first kappa shape index (κ1) is 11.6. The fourth-order valence-electron chi connectivity index (χ4n) is 1.65. The van der Waals surface area contributed by atoms with Crippen molar-refractivity contribution in [3.8, 4) is 11.5 Å². The van der Waals surface area contributed by atoms with Crippen LogP contribution in [0.2, 0.25) is 0 Å². The lowest BCUT2D eigenvalue weighted by Crippen LogP contribution is -2.35. The first-order valence-electron chi connectivity index (χ1n) is 5.61. The summed E-state index contributed by atoms with van der Waals surface area (Å²) < 4.78 is 10.5. The maximum atomic E-state index is 5.30. The minimum Gasteiger partial charge on any atom is -0.497 e. The number of hydrogen-bond acceptors (Lipinski definition) is 5. The zero-order chi connectivity index (χ0) is 12.1. The van der Waals surface area contributed by atoms with E-state index in [-0.39, 0.29) is 0 Å². The van der Waals surface area contributed by atoms with Gasteiger partial charge in [-0.15, -0.1) is 0 Å². The van der Waals surface area contributed by atoms with Gasteiger partial charge in [-0.05, 0) is 18.6 Å². The molecule has 0 saturated carbocycles. The van der Waals surface area contributed by atoms with Crippen molar-refractivity contribution < 1.29 is 9.47 Å². The van der Waals surface area contributed by atoms with Crippen molar-refractivity contribution in [3.05, 3.63) is 18.2 Å². The fraction of sp³-hybridized carbons (Fsp3) is 0.417. The van der Waals surface area contributed by atoms with Crippen LogP contribution in [-0.2, 0) is 0 Å². The Morgan fingerprint density at radius 1 is 1.29 bits per heavy atom. The minimum absolute atomic E-state index is 0.736. The van der Waals surface area contributed by atoms with Gasteiger partial charge in [-0.25, -0.2) is 0 Å². The zero-order valence-electron chi connectivity index (χ0n) is 10.1. The summed E-state index contributed by atoms with van der Waals surface area (Å²) in [4.78, 5) is 4.35. The lowest BCUT2D eigenvalue weighted by molar-refractivity contribution is 0.395. The molecular weight excluding hydrogens is 218 g/mol. The van der Waals surface area contributed by atoms with Gasteiger partial charge in [0.15, 0.2) is 5.96 Å². The average molecular weight is 235 g/mol. The summed E-state index contributed by atoms with van der Waals surface area (Å²) in [7, 11) is 3.27. The molecule has 1 aliphatic heterocycles. The molecule has 0 amide bonds. The van der Waals surface area contributed by atoms with E-state index in [0.717, 1.165) is 42.7 Å². The first-order chi connectivity index (χ1) is 8.33. The number of methoxy groups -OCH3 is 2. The van der Waals surface area contributed by atoms with Crippen LogP contribution >= 0.6 is 0 Å². The lowest BCUT2D eigenvalue weighted by Gasteiger charge is -2.18. The number of ether oxygens (including phenoxy) is 2. The Labute approximate surface area is 101 Å². The van der Waals surface area contributed by atoms with E-state index in [1.807, 2.05) is 18.2 Å². The van der Waals surface area contributed by atoms with Gasteiger partial charge in [-0.3, -0.25) is 4.99 Å². The van der Waals surface area contributed by atoms with Gasteiger partial charge >= 0.3 is 0 Å². The van der Waals surface area contributed by atoms with Gasteiger partial charge in [-0.2, -0.15) is 0 Å². The number of rotatable bonds is 3. The molecule has 1 heterocycles. The second-order valence-corrected chi connectivity index (χ2v) is 3.70. The van der Waals surface area contributed by atoms with Crippen LogP contribution in [-0.4, -0.2) is 33.3 Å². The topological polar surface area (TPSA) is 54.9 Å². The van der Waals surface area contributed by atoms with Crippen LogP contribution in [0.1, 0.15) is 6.42 Å². The molecule has 0 aromatic heterocycles. The summed E-state index contributed by atoms with van der Waals surface area (Å²) in [5, 5.41) is 6.41. The van der Waals surface area contributed by atoms with E-state index in [1.165, 1.54) is 0 Å². The molecule has 1 aromatic rings. The van der Waals surface area contributed by atoms with Gasteiger partial charge in [0.1, 0.15) is 11.5 Å². The summed E-state index contributed by atoms with van der Waals surface area (Å²) >= 11 is 0. The SMILES string of the molecule is COc1ccc(NC2=NCCCN2)c(OC)c1. The molecule has 0 aliphatic carbocycles. The van der Waals surface area contributed by atoms with Gasteiger partial charge in [0, 0.05) is 19.2 Å². The summed E-state index contributed by atoms with van der Waals surface area (Å²) in [6, 6.07) is 5.64. The van der Waals surface area contributed by atoms with Gasteiger partial charge in [0.25, 0.3) is 0 Å². The summed E-state index contributed by atoms with van der Waals surface area (Å²) in [5.74, 6) is 2.30. The summed E-state index contributed by atoms with van der Waals surface area (Å²) in [6.07, 6.45) is 1.07. The van der Waals surface area contributed by atoms with Gasteiger partial charge in [0.05, 0.1) is 19.9 Å². The molecule has 1 aromatic carbocycles. The molecule has 2 rings (SSSR count). The number of hydrogen-bond donors (Lipinski definition) is 2. The summed E-state index contributed by atoms with van der Waals surface area (Å²) in [5.41, 5.74) is 0.876. The quantitative estimate of drug-likeness (QED) is 0.833. The van der Waals surface area contributed by atoms with E-state index in [0.29, 0.717) is 0 Å². The molecule has 92 valence electrons. The van der Waals surface area contributed by atoms with Crippen LogP contribution in [0.3, 0.4) is 0 Å². The smallest absolute Gasteiger partial charge is 0.195 e. The molecule has 5 nitrogen and oxygen atoms in total. The highest BCUT2D eigenvalue weighted by molar-refractivity contribution is 5.95. The zero-order valence-corrected chi connectivity index (χ0v) is 10.1. The Bertz CT molecular complexity index is 418. The predicted molar refractivity (Wildman–Crippen MR) is 68.1 cm³/mol. The third kappa shape index (κ3) is 2.81. The number of nitrogens with zero attached hydrogens (tertiary/aromatic N) is 1. The number of anilines is 1. The monoisotopic (exact) mass is 235 g/mol. The third-order valence-corrected chi connectivity index (χ3v) is 2.56. The van der Waals surface area contributed by atoms with Crippen molar-refractivity contribution in [3.63, 3.8) is 0 Å². The number of benzene rings is 1. The van der Waals surface area contributed by atoms with Crippen molar-refractivity contribution in [1.29, 1.82) is 0 Å². The minimum atomic E-state index is 0.736. The van der Waals surface area contributed by atoms with E-state index >= 15 is 0 Å². The van der Waals surface area contributed by atoms with Crippen LogP contribution < -0.4 is 20.1 Å². The number of nitrogens with one attached hydrogen (secondary N) is 2. The van der Waals surface area contributed by atoms with Crippen molar-refractivity contribution in [2.75, 3.05) is 32.6 Å². The molecule has 0 spiro atoms. The van der Waals surface area contributed by atoms with Gasteiger partial charge in [-0.1, -0.05) is 0 Å². The van der Waals surface area contributed by atoms with Crippen LogP contribution in [0.4, 0.5) is 5.69 Å². The standard InChI is InChI=1S/C12H17N3O2/c1-16-9-4-5-10(11(8-9)17-2)15-12-13-6-3-7-14-12/h4-5,8H,3,6-7H2,1-2H3,(H2,13,14,15). The fourth-order valence-corrected chi connectivity index (χ4v) is 1.65. The maximum Gasteiger partial charge on any atom is 0.195 e. The molecule has 0 unspecified atom stereocenters. The van der Waals surface area contributed by atoms with Crippen molar-refractivity contribution >= 4 is 11.6 Å². The highest BCUT2D eigenvalue weighted by atomic mass is 16.5. The molecule has 17 heavy (non-hydrogen) atoms. The normalized spacial score (nSPS) is 14.6. The molecule has 1 aliphatic rings. The molecular formula is C12H17N3O2. The Balaban J connectivity index is 2.16. The Kier molecular flexibility index (Phi) is 3.69. The van der Waals surface area contributed by atoms with E-state index in [2.05, 4.69) is 15.6 Å². The third-order valence-electron chi connectivity index (χ3n) is 2.56. The molecule has 0 saturated heterocycles. The molecule has 0 bridgehead atoms. The van der Waals surface area contributed by atoms with E-state index < -0.39 is 0 Å². The number of guanidine groups is 1. The molecule has 5 heteroatoms. The molecule has 0 fully saturated rings. The van der Waals surface area contributed by atoms with Crippen LogP contribution in [0.25, 0.3) is 0 Å². The highest BCUT2D eigenvalue weighted by Gasteiger charge is 2.09. The van der Waals surface area contributed by atoms with Crippen molar-refractivity contribution in [1.82, 2.24) is 5.32 Å². The summed E-state index contributed by atoms with van der Waals surface area (Å²) in [6.45, 7) is 1.80. The lowest BCUT2D eigenvalue weighted by atomic mass is 10.2. The van der Waals surface area contributed by atoms with E-state index in [9.17, 15) is 0 Å². The second kappa shape index (κ2) is 5.43. The second-order valence-electron chi connectivity index (χ2n) is 3.70. The van der Waals surface area contributed by atoms with Gasteiger partial charge in [0.2, 0.25) is 0 Å². The molecule has 0 radical (unpaired) electrons. The number of aliphatic imine (C=N–C) groups is 1. The van der Waals surface area contributed by atoms with Gasteiger partial charge < -0.3 is 20.1 Å². The van der Waals surface area contributed by atoms with Crippen LogP contribution in [0.15, 0.2) is 23.2 Å². The Morgan fingerprint density at radius 3 is 2.82 bits per heavy atom. The van der Waals surface area contributed by atoms with Crippen LogP contribution in [0, 0.1) is 0 Å². The molecule has 2 N–H and O–H groups in total. The molecule has 0 atom stereocenters. The largest absolute Gasteiger partial charge is 0.497 e. The van der Waals surface area contributed by atoms with Crippen LogP contribution in [0.5, 0.6) is 11.5 Å². The Morgan fingerprint density at radius 2 is 2.18 bits per heavy atom. The highest BCUT2D eigenvalue weighted by Crippen LogP contribution is 2.28. The predicted octanol–water partition coefficient (Wildman–Crippen LogP) is 1.46. The average Bonchev–Trinajstić information content (AvgIpc) is 2.40. The maximum absolute atomic E-state index is 5.30. The van der Waals surface area contributed by atoms with E-state index in [1.54, 1.807) is 14.2 Å². The first-order valence-corrected chi connectivity index (χ1v) is 5.61. The van der Waals surface area contributed by atoms with Crippen molar-refractivity contribution in [2.24, 2.45) is 4.99 Å². The van der Waals surface area contributed by atoms with E-state index in [4.69, 9.17) is 9.47 Å². The van der Waals surface area contributed by atoms with Crippen molar-refractivity contribution in [2.45, 2.75) is 6.42 Å². The Hall–Kier alpha value is -1.91.